The highest BCUT2D eigenvalue weighted by molar-refractivity contribution is 6.22. The van der Waals surface area contributed by atoms with Gasteiger partial charge in [-0.1, -0.05) is 127 Å². The van der Waals surface area contributed by atoms with Crippen molar-refractivity contribution < 1.29 is 4.42 Å². The Morgan fingerprint density at radius 1 is 0.358 bits per heavy atom. The van der Waals surface area contributed by atoms with E-state index in [2.05, 4.69) is 210 Å². The van der Waals surface area contributed by atoms with Crippen LogP contribution in [0.2, 0.25) is 0 Å². The summed E-state index contributed by atoms with van der Waals surface area (Å²) in [6.07, 6.45) is 0. The summed E-state index contributed by atoms with van der Waals surface area (Å²) in [6.45, 7) is 0. The SMILES string of the molecule is c1ccc(N(c2ccc(-c3nc4c5ccccc5c5ccccc5c4o3)cc2)c2cccc(N(c3ccccc3)c3cccc4ccccc34)c2)cc1. The molecule has 0 amide bonds. The molecule has 4 heteroatoms. The van der Waals surface area contributed by atoms with E-state index in [0.29, 0.717) is 5.89 Å². The lowest BCUT2D eigenvalue weighted by Crippen LogP contribution is -2.13. The van der Waals surface area contributed by atoms with Crippen molar-refractivity contribution in [3.8, 4) is 11.5 Å². The summed E-state index contributed by atoms with van der Waals surface area (Å²) in [5.41, 5.74) is 9.04. The molecule has 1 aromatic heterocycles. The van der Waals surface area contributed by atoms with E-state index in [1.807, 2.05) is 0 Å². The summed E-state index contributed by atoms with van der Waals surface area (Å²) >= 11 is 0. The molecule has 0 bridgehead atoms. The third-order valence-corrected chi connectivity index (χ3v) is 10.0. The van der Waals surface area contributed by atoms with Gasteiger partial charge in [0.05, 0.1) is 5.69 Å². The zero-order valence-corrected chi connectivity index (χ0v) is 28.8. The van der Waals surface area contributed by atoms with Gasteiger partial charge in [-0.05, 0) is 89.0 Å². The van der Waals surface area contributed by atoms with E-state index in [0.717, 1.165) is 61.6 Å². The second-order valence-electron chi connectivity index (χ2n) is 13.2. The van der Waals surface area contributed by atoms with Crippen LogP contribution < -0.4 is 9.80 Å². The van der Waals surface area contributed by atoms with Crippen LogP contribution in [0.1, 0.15) is 0 Å². The molecule has 0 spiro atoms. The van der Waals surface area contributed by atoms with E-state index in [4.69, 9.17) is 9.40 Å². The maximum absolute atomic E-state index is 6.57. The topological polar surface area (TPSA) is 32.5 Å². The van der Waals surface area contributed by atoms with E-state index < -0.39 is 0 Å². The molecule has 0 saturated heterocycles. The Morgan fingerprint density at radius 3 is 1.57 bits per heavy atom. The predicted octanol–water partition coefficient (Wildman–Crippen LogP) is 13.9. The summed E-state index contributed by atoms with van der Waals surface area (Å²) in [5, 5.41) is 6.91. The first-order chi connectivity index (χ1) is 26.3. The number of hydrogen-bond acceptors (Lipinski definition) is 4. The first-order valence-electron chi connectivity index (χ1n) is 17.9. The van der Waals surface area contributed by atoms with Crippen LogP contribution in [0.3, 0.4) is 0 Å². The van der Waals surface area contributed by atoms with Crippen LogP contribution in [0.5, 0.6) is 0 Å². The van der Waals surface area contributed by atoms with Gasteiger partial charge >= 0.3 is 0 Å². The van der Waals surface area contributed by atoms with Gasteiger partial charge in [0.1, 0.15) is 5.52 Å². The van der Waals surface area contributed by atoms with E-state index in [9.17, 15) is 0 Å². The zero-order chi connectivity index (χ0) is 35.1. The minimum absolute atomic E-state index is 0.606. The molecule has 53 heavy (non-hydrogen) atoms. The van der Waals surface area contributed by atoms with Gasteiger partial charge in [-0.2, -0.15) is 0 Å². The number of para-hydroxylation sites is 2. The Kier molecular flexibility index (Phi) is 7.43. The highest BCUT2D eigenvalue weighted by atomic mass is 16.3. The molecule has 4 nitrogen and oxygen atoms in total. The molecule has 9 aromatic carbocycles. The summed E-state index contributed by atoms with van der Waals surface area (Å²) in [4.78, 5) is 9.72. The fourth-order valence-corrected chi connectivity index (χ4v) is 7.61. The molecule has 10 rings (SSSR count). The van der Waals surface area contributed by atoms with E-state index in [1.54, 1.807) is 0 Å². The number of anilines is 6. The van der Waals surface area contributed by atoms with Crippen molar-refractivity contribution in [2.45, 2.75) is 0 Å². The standard InChI is InChI=1S/C49H33N3O/c1-3-17-36(18-4-1)51(39-21-14-22-40(33-39)52(37-19-5-2-6-20-37)46-28-13-16-34-15-7-8-23-41(34)46)38-31-29-35(30-32-38)49-50-47-44-26-11-9-24-42(44)43-25-10-12-27-45(43)48(47)53-49/h1-33H. The molecule has 0 aliphatic heterocycles. The van der Waals surface area contributed by atoms with Crippen LogP contribution in [0, 0.1) is 0 Å². The fourth-order valence-electron chi connectivity index (χ4n) is 7.61. The molecule has 0 N–H and O–H groups in total. The van der Waals surface area contributed by atoms with E-state index >= 15 is 0 Å². The van der Waals surface area contributed by atoms with Gasteiger partial charge in [-0.25, -0.2) is 4.98 Å². The van der Waals surface area contributed by atoms with Crippen molar-refractivity contribution >= 4 is 77.5 Å². The Morgan fingerprint density at radius 2 is 0.849 bits per heavy atom. The maximum atomic E-state index is 6.57. The molecule has 1 heterocycles. The van der Waals surface area contributed by atoms with Crippen molar-refractivity contribution in [1.82, 2.24) is 4.98 Å². The highest BCUT2D eigenvalue weighted by Gasteiger charge is 2.20. The van der Waals surface area contributed by atoms with E-state index in [-0.39, 0.29) is 0 Å². The second-order valence-corrected chi connectivity index (χ2v) is 13.2. The van der Waals surface area contributed by atoms with Crippen LogP contribution >= 0.6 is 0 Å². The smallest absolute Gasteiger partial charge is 0.227 e. The lowest BCUT2D eigenvalue weighted by molar-refractivity contribution is 0.623. The van der Waals surface area contributed by atoms with Gasteiger partial charge in [0.25, 0.3) is 0 Å². The number of oxazole rings is 1. The molecule has 0 radical (unpaired) electrons. The van der Waals surface area contributed by atoms with Crippen LogP contribution in [0.15, 0.2) is 205 Å². The minimum Gasteiger partial charge on any atom is -0.435 e. The monoisotopic (exact) mass is 679 g/mol. The molecule has 0 saturated carbocycles. The highest BCUT2D eigenvalue weighted by Crippen LogP contribution is 2.43. The number of benzene rings is 9. The summed E-state index contributed by atoms with van der Waals surface area (Å²) < 4.78 is 6.57. The predicted molar refractivity (Wildman–Crippen MR) is 221 cm³/mol. The van der Waals surface area contributed by atoms with Gasteiger partial charge in [-0.15, -0.1) is 0 Å². The van der Waals surface area contributed by atoms with Crippen LogP contribution in [-0.2, 0) is 0 Å². The normalized spacial score (nSPS) is 11.4. The number of nitrogens with zero attached hydrogens (tertiary/aromatic N) is 3. The first kappa shape index (κ1) is 30.6. The maximum Gasteiger partial charge on any atom is 0.227 e. The molecule has 10 aromatic rings. The third kappa shape index (κ3) is 5.36. The average Bonchev–Trinajstić information content (AvgIpc) is 3.69. The minimum atomic E-state index is 0.606. The van der Waals surface area contributed by atoms with Crippen LogP contribution in [0.4, 0.5) is 34.1 Å². The van der Waals surface area contributed by atoms with E-state index in [1.165, 1.54) is 21.5 Å². The van der Waals surface area contributed by atoms with Crippen LogP contribution in [0.25, 0.3) is 54.9 Å². The Hall–Kier alpha value is -7.17. The van der Waals surface area contributed by atoms with Gasteiger partial charge < -0.3 is 14.2 Å². The first-order valence-corrected chi connectivity index (χ1v) is 17.9. The molecule has 0 atom stereocenters. The average molecular weight is 680 g/mol. The Bertz CT molecular complexity index is 2820. The summed E-state index contributed by atoms with van der Waals surface area (Å²) in [5.74, 6) is 0.606. The van der Waals surface area contributed by atoms with Crippen molar-refractivity contribution in [1.29, 1.82) is 0 Å². The van der Waals surface area contributed by atoms with Gasteiger partial charge in [0.15, 0.2) is 5.58 Å². The van der Waals surface area contributed by atoms with Crippen molar-refractivity contribution in [3.63, 3.8) is 0 Å². The number of hydrogen-bond donors (Lipinski definition) is 0. The van der Waals surface area contributed by atoms with Gasteiger partial charge in [-0.3, -0.25) is 0 Å². The molecule has 0 fully saturated rings. The fraction of sp³-hybridized carbons (Fsp3) is 0. The van der Waals surface area contributed by atoms with Crippen LogP contribution in [-0.4, -0.2) is 4.98 Å². The van der Waals surface area contributed by atoms with Crippen molar-refractivity contribution in [2.75, 3.05) is 9.80 Å². The van der Waals surface area contributed by atoms with Crippen molar-refractivity contribution in [3.05, 3.63) is 200 Å². The van der Waals surface area contributed by atoms with Gasteiger partial charge in [0.2, 0.25) is 5.89 Å². The molecule has 0 aliphatic carbocycles. The third-order valence-electron chi connectivity index (χ3n) is 10.0. The summed E-state index contributed by atoms with van der Waals surface area (Å²) in [7, 11) is 0. The quantitative estimate of drug-likeness (QED) is 0.157. The Balaban J connectivity index is 1.08. The molecular formula is C49H33N3O. The molecular weight excluding hydrogens is 647 g/mol. The molecule has 0 aliphatic rings. The molecule has 250 valence electrons. The number of rotatable bonds is 7. The summed E-state index contributed by atoms with van der Waals surface area (Å²) in [6, 6.07) is 70.3. The lowest BCUT2D eigenvalue weighted by Gasteiger charge is -2.30. The zero-order valence-electron chi connectivity index (χ0n) is 28.8. The second kappa shape index (κ2) is 12.9. The lowest BCUT2D eigenvalue weighted by atomic mass is 10.0. The number of fused-ring (bicyclic) bond motifs is 7. The molecule has 0 unspecified atom stereocenters. The van der Waals surface area contributed by atoms with Crippen molar-refractivity contribution in [2.24, 2.45) is 0 Å². The Labute approximate surface area is 307 Å². The largest absolute Gasteiger partial charge is 0.435 e. The van der Waals surface area contributed by atoms with Gasteiger partial charge in [0, 0.05) is 50.2 Å². The number of aromatic nitrogens is 1.